The molecule has 0 aliphatic carbocycles. The largest absolute Gasteiger partial charge is 0.394 e. The van der Waals surface area contributed by atoms with Gasteiger partial charge in [-0.1, -0.05) is 30.3 Å². The first-order valence-electron chi connectivity index (χ1n) is 6.11. The van der Waals surface area contributed by atoms with Crippen LogP contribution in [0.15, 0.2) is 36.7 Å². The standard InChI is InChI=1S/C13H18N4O/c1-2-17-13(15-10-16-17)8-14-12(9-18)11-6-4-3-5-7-11/h3-7,10,12,14,18H,2,8-9H2,1H3. The molecule has 2 rings (SSSR count). The smallest absolute Gasteiger partial charge is 0.140 e. The Kier molecular flexibility index (Phi) is 4.44. The van der Waals surface area contributed by atoms with Gasteiger partial charge in [0.1, 0.15) is 12.2 Å². The number of hydrogen-bond acceptors (Lipinski definition) is 4. The molecule has 1 heterocycles. The van der Waals surface area contributed by atoms with E-state index in [1.54, 1.807) is 6.33 Å². The summed E-state index contributed by atoms with van der Waals surface area (Å²) in [6.07, 6.45) is 1.55. The molecule has 0 spiro atoms. The number of aliphatic hydroxyl groups is 1. The van der Waals surface area contributed by atoms with Crippen LogP contribution < -0.4 is 5.32 Å². The third-order valence-electron chi connectivity index (χ3n) is 2.89. The van der Waals surface area contributed by atoms with Crippen molar-refractivity contribution in [1.29, 1.82) is 0 Å². The van der Waals surface area contributed by atoms with Gasteiger partial charge in [0.25, 0.3) is 0 Å². The molecule has 0 radical (unpaired) electrons. The third-order valence-corrected chi connectivity index (χ3v) is 2.89. The molecule has 0 bridgehead atoms. The highest BCUT2D eigenvalue weighted by Crippen LogP contribution is 2.12. The first-order valence-corrected chi connectivity index (χ1v) is 6.11. The lowest BCUT2D eigenvalue weighted by molar-refractivity contribution is 0.242. The second-order valence-electron chi connectivity index (χ2n) is 4.02. The van der Waals surface area contributed by atoms with Crippen LogP contribution in [0.3, 0.4) is 0 Å². The Morgan fingerprint density at radius 1 is 1.33 bits per heavy atom. The van der Waals surface area contributed by atoms with Crippen molar-refractivity contribution in [3.8, 4) is 0 Å². The second kappa shape index (κ2) is 6.28. The topological polar surface area (TPSA) is 63.0 Å². The van der Waals surface area contributed by atoms with Crippen LogP contribution in [-0.2, 0) is 13.1 Å². The minimum absolute atomic E-state index is 0.0598. The summed E-state index contributed by atoms with van der Waals surface area (Å²) in [6, 6.07) is 9.82. The number of nitrogens with zero attached hydrogens (tertiary/aromatic N) is 3. The molecule has 0 aliphatic heterocycles. The van der Waals surface area contributed by atoms with Crippen LogP contribution in [0, 0.1) is 0 Å². The van der Waals surface area contributed by atoms with Crippen LogP contribution in [0.4, 0.5) is 0 Å². The van der Waals surface area contributed by atoms with Crippen LogP contribution in [0.1, 0.15) is 24.4 Å². The molecule has 18 heavy (non-hydrogen) atoms. The lowest BCUT2D eigenvalue weighted by Crippen LogP contribution is -2.25. The van der Waals surface area contributed by atoms with Gasteiger partial charge >= 0.3 is 0 Å². The lowest BCUT2D eigenvalue weighted by atomic mass is 10.1. The molecule has 2 aromatic rings. The highest BCUT2D eigenvalue weighted by atomic mass is 16.3. The van der Waals surface area contributed by atoms with Crippen LogP contribution >= 0.6 is 0 Å². The van der Waals surface area contributed by atoms with Gasteiger partial charge in [-0.05, 0) is 12.5 Å². The summed E-state index contributed by atoms with van der Waals surface area (Å²) in [5.74, 6) is 0.881. The summed E-state index contributed by atoms with van der Waals surface area (Å²) in [7, 11) is 0. The van der Waals surface area contributed by atoms with Crippen LogP contribution in [0.25, 0.3) is 0 Å². The van der Waals surface area contributed by atoms with Crippen LogP contribution in [0.5, 0.6) is 0 Å². The molecule has 1 atom stereocenters. The molecule has 0 saturated heterocycles. The predicted octanol–water partition coefficient (Wildman–Crippen LogP) is 1.12. The fraction of sp³-hybridized carbons (Fsp3) is 0.385. The molecule has 1 aromatic heterocycles. The number of aryl methyl sites for hydroxylation is 1. The SMILES string of the molecule is CCn1ncnc1CNC(CO)c1ccccc1. The van der Waals surface area contributed by atoms with Crippen molar-refractivity contribution in [3.05, 3.63) is 48.0 Å². The summed E-state index contributed by atoms with van der Waals surface area (Å²) in [6.45, 7) is 3.48. The second-order valence-corrected chi connectivity index (χ2v) is 4.02. The molecule has 0 saturated carbocycles. The molecule has 5 nitrogen and oxygen atoms in total. The number of aliphatic hydroxyl groups excluding tert-OH is 1. The maximum atomic E-state index is 9.43. The number of hydrogen-bond donors (Lipinski definition) is 2. The van der Waals surface area contributed by atoms with Gasteiger partial charge in [-0.2, -0.15) is 5.10 Å². The van der Waals surface area contributed by atoms with Gasteiger partial charge in [-0.15, -0.1) is 0 Å². The maximum absolute atomic E-state index is 9.43. The van der Waals surface area contributed by atoms with Crippen molar-refractivity contribution in [2.75, 3.05) is 6.61 Å². The molecular weight excluding hydrogens is 228 g/mol. The van der Waals surface area contributed by atoms with Gasteiger partial charge < -0.3 is 10.4 Å². The molecule has 96 valence electrons. The Hall–Kier alpha value is -1.72. The lowest BCUT2D eigenvalue weighted by Gasteiger charge is -2.16. The van der Waals surface area contributed by atoms with Crippen molar-refractivity contribution in [2.24, 2.45) is 0 Å². The summed E-state index contributed by atoms with van der Waals surface area (Å²) in [5, 5.41) is 16.8. The van der Waals surface area contributed by atoms with Crippen LogP contribution in [-0.4, -0.2) is 26.5 Å². The molecule has 0 fully saturated rings. The Morgan fingerprint density at radius 2 is 2.11 bits per heavy atom. The highest BCUT2D eigenvalue weighted by Gasteiger charge is 2.10. The fourth-order valence-electron chi connectivity index (χ4n) is 1.88. The van der Waals surface area contributed by atoms with E-state index in [1.165, 1.54) is 0 Å². The quantitative estimate of drug-likeness (QED) is 0.802. The molecule has 0 amide bonds. The highest BCUT2D eigenvalue weighted by molar-refractivity contribution is 5.18. The van der Waals surface area contributed by atoms with E-state index in [0.717, 1.165) is 17.9 Å². The van der Waals surface area contributed by atoms with Crippen molar-refractivity contribution >= 4 is 0 Å². The van der Waals surface area contributed by atoms with E-state index in [4.69, 9.17) is 0 Å². The molecule has 5 heteroatoms. The van der Waals surface area contributed by atoms with E-state index in [2.05, 4.69) is 15.4 Å². The zero-order valence-electron chi connectivity index (χ0n) is 10.5. The van der Waals surface area contributed by atoms with Crippen LogP contribution in [0.2, 0.25) is 0 Å². The number of benzene rings is 1. The van der Waals surface area contributed by atoms with Gasteiger partial charge in [0, 0.05) is 6.54 Å². The number of aromatic nitrogens is 3. The molecule has 0 aliphatic rings. The zero-order chi connectivity index (χ0) is 12.8. The zero-order valence-corrected chi connectivity index (χ0v) is 10.5. The van der Waals surface area contributed by atoms with Crippen molar-refractivity contribution in [3.63, 3.8) is 0 Å². The van der Waals surface area contributed by atoms with E-state index < -0.39 is 0 Å². The molecule has 1 aromatic carbocycles. The van der Waals surface area contributed by atoms with Crippen molar-refractivity contribution < 1.29 is 5.11 Å². The number of nitrogens with one attached hydrogen (secondary N) is 1. The van der Waals surface area contributed by atoms with Gasteiger partial charge in [-0.25, -0.2) is 9.67 Å². The van der Waals surface area contributed by atoms with E-state index in [1.807, 2.05) is 41.9 Å². The first kappa shape index (κ1) is 12.7. The molecule has 1 unspecified atom stereocenters. The average molecular weight is 246 g/mol. The van der Waals surface area contributed by atoms with E-state index >= 15 is 0 Å². The van der Waals surface area contributed by atoms with Gasteiger partial charge in [0.05, 0.1) is 19.2 Å². The van der Waals surface area contributed by atoms with Gasteiger partial charge in [0.15, 0.2) is 0 Å². The van der Waals surface area contributed by atoms with Crippen molar-refractivity contribution in [2.45, 2.75) is 26.1 Å². The first-order chi connectivity index (χ1) is 8.85. The Morgan fingerprint density at radius 3 is 2.78 bits per heavy atom. The van der Waals surface area contributed by atoms with E-state index in [-0.39, 0.29) is 12.6 Å². The third kappa shape index (κ3) is 2.94. The summed E-state index contributed by atoms with van der Waals surface area (Å²) in [4.78, 5) is 4.19. The van der Waals surface area contributed by atoms with E-state index in [0.29, 0.717) is 6.54 Å². The van der Waals surface area contributed by atoms with Gasteiger partial charge in [-0.3, -0.25) is 0 Å². The summed E-state index contributed by atoms with van der Waals surface area (Å²) >= 11 is 0. The van der Waals surface area contributed by atoms with Crippen molar-refractivity contribution in [1.82, 2.24) is 20.1 Å². The molecule has 2 N–H and O–H groups in total. The summed E-state index contributed by atoms with van der Waals surface area (Å²) in [5.41, 5.74) is 1.07. The maximum Gasteiger partial charge on any atom is 0.140 e. The minimum Gasteiger partial charge on any atom is -0.394 e. The predicted molar refractivity (Wildman–Crippen MR) is 68.8 cm³/mol. The average Bonchev–Trinajstić information content (AvgIpc) is 2.88. The Balaban J connectivity index is 2.00. The fourth-order valence-corrected chi connectivity index (χ4v) is 1.88. The number of rotatable bonds is 6. The summed E-state index contributed by atoms with van der Waals surface area (Å²) < 4.78 is 1.84. The Labute approximate surface area is 106 Å². The monoisotopic (exact) mass is 246 g/mol. The minimum atomic E-state index is -0.0757. The Bertz CT molecular complexity index is 469. The normalized spacial score (nSPS) is 12.6. The van der Waals surface area contributed by atoms with Gasteiger partial charge in [0.2, 0.25) is 0 Å². The molecular formula is C13H18N4O. The van der Waals surface area contributed by atoms with E-state index in [9.17, 15) is 5.11 Å².